The molecule has 5 heteroatoms. The van der Waals surface area contributed by atoms with E-state index in [1.807, 2.05) is 49.4 Å². The number of benzene rings is 3. The number of hydrogen-bond acceptors (Lipinski definition) is 3. The van der Waals surface area contributed by atoms with Gasteiger partial charge in [-0.25, -0.2) is 4.68 Å². The first-order chi connectivity index (χ1) is 14.6. The number of aryl methyl sites for hydroxylation is 3. The molecule has 1 N–H and O–H groups in total. The summed E-state index contributed by atoms with van der Waals surface area (Å²) in [4.78, 5) is 12.8. The standard InChI is InChI=1S/C25H24N4O/c1-4-19-7-5-6-18(3)24(19)27-25(30)21-12-14-22(15-13-21)29-23(16-26-28-29)20-10-8-17(2)9-11-20/h5-16H,4H2,1-3H3,(H,27,30). The van der Waals surface area contributed by atoms with Crippen LogP contribution in [0.1, 0.15) is 34.0 Å². The van der Waals surface area contributed by atoms with Crippen molar-refractivity contribution in [2.75, 3.05) is 5.32 Å². The average Bonchev–Trinajstić information content (AvgIpc) is 3.25. The predicted molar refractivity (Wildman–Crippen MR) is 120 cm³/mol. The van der Waals surface area contributed by atoms with Crippen LogP contribution in [0.5, 0.6) is 0 Å². The van der Waals surface area contributed by atoms with Gasteiger partial charge in [-0.3, -0.25) is 4.79 Å². The van der Waals surface area contributed by atoms with E-state index in [9.17, 15) is 4.79 Å². The number of carbonyl (C=O) groups excluding carboxylic acids is 1. The molecule has 0 aliphatic heterocycles. The minimum atomic E-state index is -0.122. The Hall–Kier alpha value is -3.73. The Balaban J connectivity index is 1.58. The van der Waals surface area contributed by atoms with E-state index in [1.54, 1.807) is 10.9 Å². The monoisotopic (exact) mass is 396 g/mol. The molecule has 5 nitrogen and oxygen atoms in total. The number of carbonyl (C=O) groups is 1. The molecule has 0 saturated heterocycles. The molecule has 1 aromatic heterocycles. The predicted octanol–water partition coefficient (Wildman–Crippen LogP) is 5.37. The maximum absolute atomic E-state index is 12.8. The molecular formula is C25H24N4O. The summed E-state index contributed by atoms with van der Waals surface area (Å²) in [6.45, 7) is 6.15. The largest absolute Gasteiger partial charge is 0.321 e. The lowest BCUT2D eigenvalue weighted by atomic mass is 10.1. The van der Waals surface area contributed by atoms with E-state index in [4.69, 9.17) is 0 Å². The van der Waals surface area contributed by atoms with E-state index in [1.165, 1.54) is 5.56 Å². The van der Waals surface area contributed by atoms with Crippen LogP contribution in [-0.2, 0) is 6.42 Å². The Bertz CT molecular complexity index is 1170. The van der Waals surface area contributed by atoms with Gasteiger partial charge in [0.05, 0.1) is 17.6 Å². The highest BCUT2D eigenvalue weighted by molar-refractivity contribution is 6.05. The fraction of sp³-hybridized carbons (Fsp3) is 0.160. The van der Waals surface area contributed by atoms with E-state index >= 15 is 0 Å². The van der Waals surface area contributed by atoms with Crippen LogP contribution >= 0.6 is 0 Å². The molecule has 0 aliphatic carbocycles. The number of amides is 1. The van der Waals surface area contributed by atoms with Gasteiger partial charge in [0.15, 0.2) is 0 Å². The lowest BCUT2D eigenvalue weighted by Gasteiger charge is -2.13. The summed E-state index contributed by atoms with van der Waals surface area (Å²) in [5.74, 6) is -0.122. The van der Waals surface area contributed by atoms with Crippen molar-refractivity contribution in [1.29, 1.82) is 0 Å². The van der Waals surface area contributed by atoms with Crippen LogP contribution in [0.15, 0.2) is 72.9 Å². The lowest BCUT2D eigenvalue weighted by molar-refractivity contribution is 0.102. The lowest BCUT2D eigenvalue weighted by Crippen LogP contribution is -2.14. The van der Waals surface area contributed by atoms with Crippen LogP contribution in [0.25, 0.3) is 16.9 Å². The molecule has 30 heavy (non-hydrogen) atoms. The third kappa shape index (κ3) is 3.87. The van der Waals surface area contributed by atoms with Crippen LogP contribution in [0.3, 0.4) is 0 Å². The number of nitrogens with one attached hydrogen (secondary N) is 1. The Kier molecular flexibility index (Phi) is 5.44. The van der Waals surface area contributed by atoms with Crippen molar-refractivity contribution in [3.05, 3.63) is 95.2 Å². The van der Waals surface area contributed by atoms with E-state index in [0.29, 0.717) is 5.56 Å². The van der Waals surface area contributed by atoms with Gasteiger partial charge in [0.1, 0.15) is 0 Å². The molecule has 3 aromatic carbocycles. The highest BCUT2D eigenvalue weighted by Crippen LogP contribution is 2.24. The van der Waals surface area contributed by atoms with Crippen molar-refractivity contribution in [2.45, 2.75) is 27.2 Å². The summed E-state index contributed by atoms with van der Waals surface area (Å²) in [6.07, 6.45) is 2.61. The number of para-hydroxylation sites is 1. The maximum atomic E-state index is 12.8. The first-order valence-electron chi connectivity index (χ1n) is 10.0. The quantitative estimate of drug-likeness (QED) is 0.494. The molecule has 4 rings (SSSR count). The van der Waals surface area contributed by atoms with Crippen molar-refractivity contribution < 1.29 is 4.79 Å². The molecular weight excluding hydrogens is 372 g/mol. The highest BCUT2D eigenvalue weighted by Gasteiger charge is 2.13. The molecule has 0 saturated carbocycles. The van der Waals surface area contributed by atoms with E-state index in [-0.39, 0.29) is 5.91 Å². The average molecular weight is 396 g/mol. The van der Waals surface area contributed by atoms with Gasteiger partial charge in [0, 0.05) is 16.8 Å². The van der Waals surface area contributed by atoms with Gasteiger partial charge in [-0.05, 0) is 55.7 Å². The van der Waals surface area contributed by atoms with Crippen molar-refractivity contribution in [1.82, 2.24) is 15.0 Å². The highest BCUT2D eigenvalue weighted by atomic mass is 16.1. The zero-order valence-electron chi connectivity index (χ0n) is 17.4. The van der Waals surface area contributed by atoms with E-state index < -0.39 is 0 Å². The Morgan fingerprint density at radius 2 is 1.70 bits per heavy atom. The second-order valence-electron chi connectivity index (χ2n) is 7.36. The number of rotatable bonds is 5. The van der Waals surface area contributed by atoms with Gasteiger partial charge in [-0.2, -0.15) is 0 Å². The molecule has 0 spiro atoms. The second kappa shape index (κ2) is 8.33. The topological polar surface area (TPSA) is 59.8 Å². The Morgan fingerprint density at radius 1 is 0.967 bits per heavy atom. The molecule has 0 unspecified atom stereocenters. The molecule has 4 aromatic rings. The number of aromatic nitrogens is 3. The van der Waals surface area contributed by atoms with Crippen molar-refractivity contribution in [3.63, 3.8) is 0 Å². The van der Waals surface area contributed by atoms with Gasteiger partial charge in [0.2, 0.25) is 0 Å². The second-order valence-corrected chi connectivity index (χ2v) is 7.36. The third-order valence-electron chi connectivity index (χ3n) is 5.25. The zero-order valence-corrected chi connectivity index (χ0v) is 17.4. The van der Waals surface area contributed by atoms with Crippen LogP contribution in [0.4, 0.5) is 5.69 Å². The fourth-order valence-electron chi connectivity index (χ4n) is 3.49. The molecule has 0 bridgehead atoms. The molecule has 0 aliphatic rings. The van der Waals surface area contributed by atoms with Gasteiger partial charge in [0.25, 0.3) is 5.91 Å². The zero-order chi connectivity index (χ0) is 21.1. The number of hydrogen-bond donors (Lipinski definition) is 1. The summed E-state index contributed by atoms with van der Waals surface area (Å²) >= 11 is 0. The SMILES string of the molecule is CCc1cccc(C)c1NC(=O)c1ccc(-n2nncc2-c2ccc(C)cc2)cc1. The Morgan fingerprint density at radius 3 is 2.40 bits per heavy atom. The summed E-state index contributed by atoms with van der Waals surface area (Å²) < 4.78 is 1.78. The van der Waals surface area contributed by atoms with Crippen molar-refractivity contribution in [2.24, 2.45) is 0 Å². The van der Waals surface area contributed by atoms with Crippen molar-refractivity contribution in [3.8, 4) is 16.9 Å². The van der Waals surface area contributed by atoms with Gasteiger partial charge in [-0.15, -0.1) is 5.10 Å². The van der Waals surface area contributed by atoms with Crippen LogP contribution < -0.4 is 5.32 Å². The van der Waals surface area contributed by atoms with Gasteiger partial charge < -0.3 is 5.32 Å². The number of nitrogens with zero attached hydrogens (tertiary/aromatic N) is 3. The van der Waals surface area contributed by atoms with E-state index in [0.717, 1.165) is 40.2 Å². The minimum Gasteiger partial charge on any atom is -0.321 e. The molecule has 0 fully saturated rings. The first-order valence-corrected chi connectivity index (χ1v) is 10.0. The summed E-state index contributed by atoms with van der Waals surface area (Å²) in [5, 5.41) is 11.4. The summed E-state index contributed by atoms with van der Waals surface area (Å²) in [6, 6.07) is 21.7. The maximum Gasteiger partial charge on any atom is 0.255 e. The summed E-state index contributed by atoms with van der Waals surface area (Å²) in [7, 11) is 0. The van der Waals surface area contributed by atoms with Gasteiger partial charge >= 0.3 is 0 Å². The Labute approximate surface area is 176 Å². The van der Waals surface area contributed by atoms with E-state index in [2.05, 4.69) is 53.7 Å². The molecule has 150 valence electrons. The third-order valence-corrected chi connectivity index (χ3v) is 5.25. The van der Waals surface area contributed by atoms with Crippen LogP contribution in [0.2, 0.25) is 0 Å². The number of anilines is 1. The first kappa shape index (κ1) is 19.6. The molecule has 1 heterocycles. The van der Waals surface area contributed by atoms with Gasteiger partial charge in [-0.1, -0.05) is 60.2 Å². The van der Waals surface area contributed by atoms with Crippen molar-refractivity contribution >= 4 is 11.6 Å². The fourth-order valence-corrected chi connectivity index (χ4v) is 3.49. The molecule has 0 atom stereocenters. The minimum absolute atomic E-state index is 0.122. The van der Waals surface area contributed by atoms with Crippen LogP contribution in [0, 0.1) is 13.8 Å². The smallest absolute Gasteiger partial charge is 0.255 e. The normalized spacial score (nSPS) is 10.8. The molecule has 1 amide bonds. The summed E-state index contributed by atoms with van der Waals surface area (Å²) in [5.41, 5.74) is 7.68. The molecule has 0 radical (unpaired) electrons. The van der Waals surface area contributed by atoms with Crippen LogP contribution in [-0.4, -0.2) is 20.9 Å².